The highest BCUT2D eigenvalue weighted by atomic mass is 19.1. The maximum Gasteiger partial charge on any atom is 0.410 e. The molecule has 1 aliphatic heterocycles. The van der Waals surface area contributed by atoms with Crippen LogP contribution in [0.15, 0.2) is 12.1 Å². The van der Waals surface area contributed by atoms with E-state index in [0.717, 1.165) is 6.42 Å². The van der Waals surface area contributed by atoms with Gasteiger partial charge in [-0.15, -0.1) is 0 Å². The molecular weight excluding hydrogens is 403 g/mol. The van der Waals surface area contributed by atoms with Crippen LogP contribution >= 0.6 is 0 Å². The number of carbonyl (C=O) groups is 1. The Morgan fingerprint density at radius 2 is 2.03 bits per heavy atom. The Bertz CT molecular complexity index is 721. The summed E-state index contributed by atoms with van der Waals surface area (Å²) < 4.78 is 36.2. The molecule has 0 bridgehead atoms. The van der Waals surface area contributed by atoms with Crippen molar-refractivity contribution in [3.63, 3.8) is 0 Å². The van der Waals surface area contributed by atoms with Crippen molar-refractivity contribution in [2.75, 3.05) is 45.5 Å². The fourth-order valence-electron chi connectivity index (χ4n) is 3.27. The highest BCUT2D eigenvalue weighted by Crippen LogP contribution is 2.31. The second kappa shape index (κ2) is 11.5. The third-order valence-electron chi connectivity index (χ3n) is 4.89. The molecule has 31 heavy (non-hydrogen) atoms. The monoisotopic (exact) mass is 440 g/mol. The van der Waals surface area contributed by atoms with E-state index in [4.69, 9.17) is 18.9 Å². The van der Waals surface area contributed by atoms with Crippen LogP contribution < -0.4 is 10.1 Å². The summed E-state index contributed by atoms with van der Waals surface area (Å²) in [4.78, 5) is 14.6. The van der Waals surface area contributed by atoms with Gasteiger partial charge in [-0.1, -0.05) is 13.8 Å². The number of nitrogens with one attached hydrogen (secondary N) is 1. The number of rotatable bonds is 10. The summed E-state index contributed by atoms with van der Waals surface area (Å²) in [5, 5.41) is 3.26. The molecule has 0 aliphatic carbocycles. The number of fused-ring (bicyclic) bond motifs is 1. The highest BCUT2D eigenvalue weighted by molar-refractivity contribution is 5.69. The number of halogens is 1. The molecule has 2 rings (SSSR count). The van der Waals surface area contributed by atoms with E-state index in [1.807, 2.05) is 20.8 Å². The van der Waals surface area contributed by atoms with E-state index in [1.54, 1.807) is 18.1 Å². The Kier molecular flexibility index (Phi) is 9.37. The summed E-state index contributed by atoms with van der Waals surface area (Å²) in [7, 11) is 1.59. The average Bonchev–Trinajstić information content (AvgIpc) is 2.66. The van der Waals surface area contributed by atoms with Crippen LogP contribution in [0.25, 0.3) is 0 Å². The Morgan fingerprint density at radius 1 is 1.29 bits per heavy atom. The predicted molar refractivity (Wildman–Crippen MR) is 118 cm³/mol. The van der Waals surface area contributed by atoms with E-state index in [9.17, 15) is 9.18 Å². The zero-order chi connectivity index (χ0) is 23.0. The number of hydrogen-bond acceptors (Lipinski definition) is 6. The fraction of sp³-hybridized carbons (Fsp3) is 0.696. The molecular formula is C23H37FN2O5. The van der Waals surface area contributed by atoms with Crippen molar-refractivity contribution < 1.29 is 28.1 Å². The average molecular weight is 441 g/mol. The van der Waals surface area contributed by atoms with Gasteiger partial charge in [0.2, 0.25) is 0 Å². The third-order valence-corrected chi connectivity index (χ3v) is 4.89. The Labute approximate surface area is 185 Å². The van der Waals surface area contributed by atoms with Crippen LogP contribution in [0, 0.1) is 11.7 Å². The lowest BCUT2D eigenvalue weighted by molar-refractivity contribution is -0.00860. The number of hydrogen-bond donors (Lipinski definition) is 1. The van der Waals surface area contributed by atoms with Gasteiger partial charge in [0, 0.05) is 43.6 Å². The number of benzene rings is 1. The Hall–Kier alpha value is -2.06. The number of methoxy groups -OCH3 is 1. The SMILES string of the molecule is COCCOCOc1cc(F)c2c(c1)NCC(N(CCC(C)C)C(=O)OC(C)(C)C)C2. The van der Waals surface area contributed by atoms with Crippen molar-refractivity contribution in [2.45, 2.75) is 59.1 Å². The topological polar surface area (TPSA) is 69.3 Å². The minimum atomic E-state index is -0.587. The van der Waals surface area contributed by atoms with E-state index in [2.05, 4.69) is 19.2 Å². The van der Waals surface area contributed by atoms with Crippen LogP contribution in [0.4, 0.5) is 14.9 Å². The van der Waals surface area contributed by atoms with Crippen molar-refractivity contribution >= 4 is 11.8 Å². The van der Waals surface area contributed by atoms with Crippen molar-refractivity contribution in [1.29, 1.82) is 0 Å². The number of ether oxygens (including phenoxy) is 4. The fourth-order valence-corrected chi connectivity index (χ4v) is 3.27. The summed E-state index contributed by atoms with van der Waals surface area (Å²) in [6.07, 6.45) is 0.897. The molecule has 1 unspecified atom stereocenters. The van der Waals surface area contributed by atoms with Crippen molar-refractivity contribution in [3.05, 3.63) is 23.5 Å². The Morgan fingerprint density at radius 3 is 2.68 bits per heavy atom. The summed E-state index contributed by atoms with van der Waals surface area (Å²) in [5.41, 5.74) is 0.633. The van der Waals surface area contributed by atoms with Gasteiger partial charge >= 0.3 is 6.09 Å². The lowest BCUT2D eigenvalue weighted by Crippen LogP contribution is -2.49. The second-order valence-electron chi connectivity index (χ2n) is 9.19. The zero-order valence-corrected chi connectivity index (χ0v) is 19.6. The summed E-state index contributed by atoms with van der Waals surface area (Å²) in [6, 6.07) is 2.93. The standard InChI is InChI=1S/C23H37FN2O5/c1-16(2)7-8-26(22(27)31-23(3,4)5)17-11-19-20(24)12-18(13-21(19)25-14-17)30-15-29-10-9-28-6/h12-13,16-17,25H,7-11,14-15H2,1-6H3. The van der Waals surface area contributed by atoms with E-state index in [-0.39, 0.29) is 24.7 Å². The first-order chi connectivity index (χ1) is 14.6. The van der Waals surface area contributed by atoms with Crippen LogP contribution in [-0.2, 0) is 20.6 Å². The van der Waals surface area contributed by atoms with Crippen LogP contribution in [-0.4, -0.2) is 62.8 Å². The van der Waals surface area contributed by atoms with Gasteiger partial charge < -0.3 is 29.2 Å². The van der Waals surface area contributed by atoms with Crippen LogP contribution in [0.2, 0.25) is 0 Å². The molecule has 1 amide bonds. The number of anilines is 1. The molecule has 0 radical (unpaired) electrons. The second-order valence-corrected chi connectivity index (χ2v) is 9.19. The van der Waals surface area contributed by atoms with Gasteiger partial charge in [0.15, 0.2) is 6.79 Å². The molecule has 0 spiro atoms. The number of amides is 1. The van der Waals surface area contributed by atoms with E-state index < -0.39 is 5.60 Å². The smallest absolute Gasteiger partial charge is 0.410 e. The van der Waals surface area contributed by atoms with Gasteiger partial charge in [0.05, 0.1) is 19.3 Å². The number of nitrogens with zero attached hydrogens (tertiary/aromatic N) is 1. The minimum Gasteiger partial charge on any atom is -0.467 e. The van der Waals surface area contributed by atoms with Gasteiger partial charge in [0.25, 0.3) is 0 Å². The first-order valence-corrected chi connectivity index (χ1v) is 10.9. The first kappa shape index (κ1) is 25.2. The van der Waals surface area contributed by atoms with Crippen molar-refractivity contribution in [3.8, 4) is 5.75 Å². The molecule has 8 heteroatoms. The van der Waals surface area contributed by atoms with E-state index in [0.29, 0.717) is 55.6 Å². The molecule has 1 aliphatic rings. The largest absolute Gasteiger partial charge is 0.467 e. The van der Waals surface area contributed by atoms with Gasteiger partial charge in [-0.3, -0.25) is 0 Å². The van der Waals surface area contributed by atoms with Gasteiger partial charge in [-0.25, -0.2) is 9.18 Å². The quantitative estimate of drug-likeness (QED) is 0.428. The molecule has 7 nitrogen and oxygen atoms in total. The zero-order valence-electron chi connectivity index (χ0n) is 19.6. The van der Waals surface area contributed by atoms with Gasteiger partial charge in [-0.2, -0.15) is 0 Å². The molecule has 1 aromatic rings. The molecule has 176 valence electrons. The van der Waals surface area contributed by atoms with Crippen molar-refractivity contribution in [2.24, 2.45) is 5.92 Å². The molecule has 1 aromatic carbocycles. The van der Waals surface area contributed by atoms with Crippen molar-refractivity contribution in [1.82, 2.24) is 4.90 Å². The molecule has 1 heterocycles. The normalized spacial score (nSPS) is 15.9. The molecule has 0 fully saturated rings. The lowest BCUT2D eigenvalue weighted by atomic mass is 9.97. The lowest BCUT2D eigenvalue weighted by Gasteiger charge is -2.37. The highest BCUT2D eigenvalue weighted by Gasteiger charge is 2.32. The first-order valence-electron chi connectivity index (χ1n) is 10.9. The molecule has 1 atom stereocenters. The summed E-state index contributed by atoms with van der Waals surface area (Å²) >= 11 is 0. The number of carbonyl (C=O) groups excluding carboxylic acids is 1. The molecule has 0 aromatic heterocycles. The molecule has 1 N–H and O–H groups in total. The summed E-state index contributed by atoms with van der Waals surface area (Å²) in [6.45, 7) is 11.7. The minimum absolute atomic E-state index is 0.0197. The predicted octanol–water partition coefficient (Wildman–Crippen LogP) is 4.44. The summed E-state index contributed by atoms with van der Waals surface area (Å²) in [5.74, 6) is 0.467. The van der Waals surface area contributed by atoms with E-state index in [1.165, 1.54) is 6.07 Å². The van der Waals surface area contributed by atoms with Gasteiger partial charge in [0.1, 0.15) is 17.2 Å². The Balaban J connectivity index is 2.09. The van der Waals surface area contributed by atoms with Crippen LogP contribution in [0.5, 0.6) is 5.75 Å². The molecule has 0 saturated heterocycles. The third kappa shape index (κ3) is 8.18. The van der Waals surface area contributed by atoms with Crippen LogP contribution in [0.3, 0.4) is 0 Å². The van der Waals surface area contributed by atoms with Gasteiger partial charge in [-0.05, 0) is 39.5 Å². The maximum absolute atomic E-state index is 14.9. The maximum atomic E-state index is 14.9. The van der Waals surface area contributed by atoms with E-state index >= 15 is 0 Å². The molecule has 0 saturated carbocycles. The van der Waals surface area contributed by atoms with Crippen LogP contribution in [0.1, 0.15) is 46.6 Å².